The van der Waals surface area contributed by atoms with Crippen molar-refractivity contribution in [2.24, 2.45) is 0 Å². The second-order valence-corrected chi connectivity index (χ2v) is 6.14. The average molecular weight is 287 g/mol. The number of halogens is 1. The highest BCUT2D eigenvalue weighted by Crippen LogP contribution is 2.26. The summed E-state index contributed by atoms with van der Waals surface area (Å²) in [6.45, 7) is 7.17. The van der Waals surface area contributed by atoms with Crippen LogP contribution < -0.4 is 10.2 Å². The summed E-state index contributed by atoms with van der Waals surface area (Å²) in [4.78, 5) is 6.23. The minimum Gasteiger partial charge on any atom is -0.343 e. The van der Waals surface area contributed by atoms with Gasteiger partial charge in [-0.25, -0.2) is 4.39 Å². The van der Waals surface area contributed by atoms with Crippen molar-refractivity contribution in [2.75, 3.05) is 11.9 Å². The van der Waals surface area contributed by atoms with Crippen LogP contribution in [0.3, 0.4) is 0 Å². The lowest BCUT2D eigenvalue weighted by Gasteiger charge is -2.25. The zero-order chi connectivity index (χ0) is 15.5. The summed E-state index contributed by atoms with van der Waals surface area (Å²) in [5, 5.41) is 3.48. The molecule has 0 fully saturated rings. The highest BCUT2D eigenvalue weighted by atomic mass is 19.1. The smallest absolute Gasteiger partial charge is 0.123 e. The Morgan fingerprint density at radius 1 is 1.14 bits per heavy atom. The van der Waals surface area contributed by atoms with Crippen molar-refractivity contribution in [1.29, 1.82) is 0 Å². The van der Waals surface area contributed by atoms with E-state index in [4.69, 9.17) is 0 Å². The van der Waals surface area contributed by atoms with Crippen molar-refractivity contribution in [1.82, 2.24) is 10.3 Å². The van der Waals surface area contributed by atoms with Crippen molar-refractivity contribution in [3.63, 3.8) is 0 Å². The molecule has 1 N–H and O–H groups in total. The first kappa shape index (κ1) is 15.4. The van der Waals surface area contributed by atoms with E-state index in [1.165, 1.54) is 12.1 Å². The molecule has 1 heterocycles. The van der Waals surface area contributed by atoms with Crippen LogP contribution in [0.4, 0.5) is 15.8 Å². The lowest BCUT2D eigenvalue weighted by molar-refractivity contribution is 0.424. The molecular formula is C17H22FN3. The van der Waals surface area contributed by atoms with Crippen LogP contribution in [-0.2, 0) is 6.54 Å². The molecule has 0 bridgehead atoms. The number of aromatic nitrogens is 1. The molecule has 2 rings (SSSR count). The van der Waals surface area contributed by atoms with E-state index >= 15 is 0 Å². The molecule has 3 nitrogen and oxygen atoms in total. The Labute approximate surface area is 125 Å². The molecule has 0 aliphatic rings. The topological polar surface area (TPSA) is 28.2 Å². The largest absolute Gasteiger partial charge is 0.343 e. The van der Waals surface area contributed by atoms with E-state index in [2.05, 4.69) is 31.1 Å². The van der Waals surface area contributed by atoms with Crippen LogP contribution in [0.2, 0.25) is 0 Å². The van der Waals surface area contributed by atoms with E-state index in [0.29, 0.717) is 0 Å². The van der Waals surface area contributed by atoms with E-state index in [1.807, 2.05) is 24.2 Å². The fourth-order valence-corrected chi connectivity index (χ4v) is 2.03. The summed E-state index contributed by atoms with van der Waals surface area (Å²) in [6, 6.07) is 8.48. The first-order valence-corrected chi connectivity index (χ1v) is 7.04. The van der Waals surface area contributed by atoms with Crippen molar-refractivity contribution in [3.8, 4) is 0 Å². The SMILES string of the molecule is CN(c1ccc(F)cc1)c1cnccc1CNC(C)(C)C. The van der Waals surface area contributed by atoms with Gasteiger partial charge < -0.3 is 10.2 Å². The molecule has 4 heteroatoms. The molecule has 1 aromatic carbocycles. The second-order valence-electron chi connectivity index (χ2n) is 6.14. The molecule has 0 spiro atoms. The van der Waals surface area contributed by atoms with Crippen LogP contribution >= 0.6 is 0 Å². The number of pyridine rings is 1. The van der Waals surface area contributed by atoms with Crippen LogP contribution in [0.5, 0.6) is 0 Å². The normalized spacial score (nSPS) is 11.5. The number of anilines is 2. The number of hydrogen-bond acceptors (Lipinski definition) is 3. The molecule has 0 atom stereocenters. The summed E-state index contributed by atoms with van der Waals surface area (Å²) in [7, 11) is 1.96. The van der Waals surface area contributed by atoms with Crippen LogP contribution in [0.15, 0.2) is 42.7 Å². The van der Waals surface area contributed by atoms with Crippen LogP contribution in [0.1, 0.15) is 26.3 Å². The van der Waals surface area contributed by atoms with Crippen molar-refractivity contribution < 1.29 is 4.39 Å². The Hall–Kier alpha value is -1.94. The van der Waals surface area contributed by atoms with Gasteiger partial charge in [0.25, 0.3) is 0 Å². The molecule has 112 valence electrons. The first-order chi connectivity index (χ1) is 9.87. The maximum atomic E-state index is 13.0. The molecule has 0 aliphatic heterocycles. The highest BCUT2D eigenvalue weighted by molar-refractivity contribution is 5.64. The zero-order valence-electron chi connectivity index (χ0n) is 13.0. The van der Waals surface area contributed by atoms with Crippen LogP contribution in [0.25, 0.3) is 0 Å². The lowest BCUT2D eigenvalue weighted by atomic mass is 10.1. The summed E-state index contributed by atoms with van der Waals surface area (Å²) in [6.07, 6.45) is 3.63. The van der Waals surface area contributed by atoms with Crippen LogP contribution in [-0.4, -0.2) is 17.6 Å². The fourth-order valence-electron chi connectivity index (χ4n) is 2.03. The van der Waals surface area contributed by atoms with E-state index < -0.39 is 0 Å². The summed E-state index contributed by atoms with van der Waals surface area (Å²) >= 11 is 0. The van der Waals surface area contributed by atoms with Gasteiger partial charge in [-0.1, -0.05) is 0 Å². The van der Waals surface area contributed by atoms with Crippen LogP contribution in [0, 0.1) is 5.82 Å². The Balaban J connectivity index is 2.24. The van der Waals surface area contributed by atoms with Gasteiger partial charge in [0.2, 0.25) is 0 Å². The van der Waals surface area contributed by atoms with Crippen molar-refractivity contribution >= 4 is 11.4 Å². The third-order valence-electron chi connectivity index (χ3n) is 3.27. The third kappa shape index (κ3) is 4.26. The van der Waals surface area contributed by atoms with Crippen molar-refractivity contribution in [3.05, 3.63) is 54.1 Å². The maximum absolute atomic E-state index is 13.0. The predicted octanol–water partition coefficient (Wildman–Crippen LogP) is 3.88. The molecule has 0 aliphatic carbocycles. The van der Waals surface area contributed by atoms with Gasteiger partial charge in [-0.3, -0.25) is 4.98 Å². The van der Waals surface area contributed by atoms with E-state index in [1.54, 1.807) is 18.3 Å². The van der Waals surface area contributed by atoms with Gasteiger partial charge in [0, 0.05) is 31.0 Å². The summed E-state index contributed by atoms with van der Waals surface area (Å²) in [5.41, 5.74) is 3.16. The number of hydrogen-bond donors (Lipinski definition) is 1. The summed E-state index contributed by atoms with van der Waals surface area (Å²) < 4.78 is 13.0. The minimum absolute atomic E-state index is 0.0506. The molecule has 1 aromatic heterocycles. The van der Waals surface area contributed by atoms with Gasteiger partial charge >= 0.3 is 0 Å². The molecule has 0 unspecified atom stereocenters. The van der Waals surface area contributed by atoms with E-state index in [0.717, 1.165) is 23.5 Å². The number of benzene rings is 1. The Morgan fingerprint density at radius 2 is 1.81 bits per heavy atom. The average Bonchev–Trinajstić information content (AvgIpc) is 2.45. The zero-order valence-corrected chi connectivity index (χ0v) is 13.0. The number of rotatable bonds is 4. The van der Waals surface area contributed by atoms with E-state index in [-0.39, 0.29) is 11.4 Å². The molecule has 0 saturated heterocycles. The molecule has 0 radical (unpaired) electrons. The monoisotopic (exact) mass is 287 g/mol. The van der Waals surface area contributed by atoms with Gasteiger partial charge in [0.15, 0.2) is 0 Å². The third-order valence-corrected chi connectivity index (χ3v) is 3.27. The predicted molar refractivity (Wildman–Crippen MR) is 85.3 cm³/mol. The minimum atomic E-state index is -0.229. The van der Waals surface area contributed by atoms with Gasteiger partial charge in [-0.2, -0.15) is 0 Å². The second kappa shape index (κ2) is 6.22. The molecular weight excluding hydrogens is 265 g/mol. The molecule has 21 heavy (non-hydrogen) atoms. The Morgan fingerprint density at radius 3 is 2.43 bits per heavy atom. The molecule has 0 saturated carbocycles. The molecule has 0 amide bonds. The Bertz CT molecular complexity index is 588. The molecule has 2 aromatic rings. The summed E-state index contributed by atoms with van der Waals surface area (Å²) in [5.74, 6) is -0.229. The van der Waals surface area contributed by atoms with Gasteiger partial charge in [0.05, 0.1) is 11.9 Å². The number of nitrogens with one attached hydrogen (secondary N) is 1. The van der Waals surface area contributed by atoms with Crippen molar-refractivity contribution in [2.45, 2.75) is 32.9 Å². The standard InChI is InChI=1S/C17H22FN3/c1-17(2,3)20-11-13-9-10-19-12-16(13)21(4)15-7-5-14(18)6-8-15/h5-10,12,20H,11H2,1-4H3. The number of nitrogens with zero attached hydrogens (tertiary/aromatic N) is 2. The fraction of sp³-hybridized carbons (Fsp3) is 0.353. The highest BCUT2D eigenvalue weighted by Gasteiger charge is 2.13. The van der Waals surface area contributed by atoms with Gasteiger partial charge in [0.1, 0.15) is 5.82 Å². The Kier molecular flexibility index (Phi) is 4.58. The quantitative estimate of drug-likeness (QED) is 0.925. The first-order valence-electron chi connectivity index (χ1n) is 7.04. The van der Waals surface area contributed by atoms with E-state index in [9.17, 15) is 4.39 Å². The van der Waals surface area contributed by atoms with Gasteiger partial charge in [-0.05, 0) is 56.7 Å². The maximum Gasteiger partial charge on any atom is 0.123 e. The lowest BCUT2D eigenvalue weighted by Crippen LogP contribution is -2.35. The van der Waals surface area contributed by atoms with Gasteiger partial charge in [-0.15, -0.1) is 0 Å².